The number of thiazole rings is 1. The molecular weight excluding hydrogens is 208 g/mol. The Morgan fingerprint density at radius 2 is 2.38 bits per heavy atom. The Morgan fingerprint density at radius 1 is 1.54 bits per heavy atom. The van der Waals surface area contributed by atoms with Crippen molar-refractivity contribution < 1.29 is 0 Å². The van der Waals surface area contributed by atoms with Crippen LogP contribution in [0.4, 0.5) is 5.13 Å². The molecule has 7 heteroatoms. The van der Waals surface area contributed by atoms with Crippen molar-refractivity contribution >= 4 is 27.8 Å². The monoisotopic (exact) mass is 214 g/mol. The van der Waals surface area contributed by atoms with E-state index < -0.39 is 0 Å². The molecule has 0 unspecified atom stereocenters. The summed E-state index contributed by atoms with van der Waals surface area (Å²) in [7, 11) is 0. The third-order valence-electron chi connectivity index (χ3n) is 1.43. The first-order chi connectivity index (χ1) is 6.25. The van der Waals surface area contributed by atoms with Crippen LogP contribution >= 0.6 is 22.7 Å². The van der Waals surface area contributed by atoms with Gasteiger partial charge in [0.2, 0.25) is 5.13 Å². The highest BCUT2D eigenvalue weighted by atomic mass is 32.1. The van der Waals surface area contributed by atoms with E-state index in [1.165, 1.54) is 11.3 Å². The van der Waals surface area contributed by atoms with Gasteiger partial charge in [0.1, 0.15) is 5.01 Å². The number of anilines is 1. The zero-order valence-electron chi connectivity index (χ0n) is 6.51. The Balaban J connectivity index is 2.24. The SMILES string of the molecule is Nc1nnc(Cn2ccsc2=O)s1. The summed E-state index contributed by atoms with van der Waals surface area (Å²) in [4.78, 5) is 11.1. The van der Waals surface area contributed by atoms with Crippen molar-refractivity contribution in [1.29, 1.82) is 0 Å². The van der Waals surface area contributed by atoms with Crippen molar-refractivity contribution in [3.63, 3.8) is 0 Å². The van der Waals surface area contributed by atoms with Gasteiger partial charge in [0, 0.05) is 11.6 Å². The van der Waals surface area contributed by atoms with Gasteiger partial charge in [-0.05, 0) is 0 Å². The summed E-state index contributed by atoms with van der Waals surface area (Å²) in [6.45, 7) is 0.456. The molecule has 0 bridgehead atoms. The van der Waals surface area contributed by atoms with Crippen molar-refractivity contribution in [3.05, 3.63) is 26.3 Å². The molecule has 2 aromatic heterocycles. The fraction of sp³-hybridized carbons (Fsp3) is 0.167. The van der Waals surface area contributed by atoms with E-state index in [0.717, 1.165) is 16.3 Å². The topological polar surface area (TPSA) is 73.8 Å². The third-order valence-corrected chi connectivity index (χ3v) is 2.86. The molecule has 13 heavy (non-hydrogen) atoms. The summed E-state index contributed by atoms with van der Waals surface area (Å²) in [6.07, 6.45) is 1.73. The van der Waals surface area contributed by atoms with Gasteiger partial charge in [-0.25, -0.2) is 0 Å². The molecule has 0 aliphatic heterocycles. The predicted octanol–water partition coefficient (Wildman–Crippen LogP) is 0.392. The third kappa shape index (κ3) is 1.76. The van der Waals surface area contributed by atoms with E-state index in [-0.39, 0.29) is 4.87 Å². The fourth-order valence-electron chi connectivity index (χ4n) is 0.884. The average molecular weight is 214 g/mol. The van der Waals surface area contributed by atoms with Gasteiger partial charge in [-0.2, -0.15) is 0 Å². The van der Waals surface area contributed by atoms with Crippen LogP contribution in [-0.2, 0) is 6.54 Å². The maximum absolute atomic E-state index is 11.1. The minimum Gasteiger partial charge on any atom is -0.374 e. The summed E-state index contributed by atoms with van der Waals surface area (Å²) >= 11 is 2.46. The minimum absolute atomic E-state index is 0.00812. The summed E-state index contributed by atoms with van der Waals surface area (Å²) < 4.78 is 1.57. The second-order valence-corrected chi connectivity index (χ2v) is 4.28. The summed E-state index contributed by atoms with van der Waals surface area (Å²) in [5.74, 6) is 0. The first kappa shape index (κ1) is 8.39. The molecule has 0 amide bonds. The van der Waals surface area contributed by atoms with Gasteiger partial charge in [0.25, 0.3) is 0 Å². The quantitative estimate of drug-likeness (QED) is 0.785. The molecule has 0 atom stereocenters. The summed E-state index contributed by atoms with van der Waals surface area (Å²) in [6, 6.07) is 0. The number of hydrogen-bond acceptors (Lipinski definition) is 6. The Labute approximate surface area is 81.5 Å². The van der Waals surface area contributed by atoms with Crippen LogP contribution in [0.15, 0.2) is 16.4 Å². The van der Waals surface area contributed by atoms with E-state index in [1.807, 2.05) is 0 Å². The highest BCUT2D eigenvalue weighted by molar-refractivity contribution is 7.15. The number of rotatable bonds is 2. The predicted molar refractivity (Wildman–Crippen MR) is 52.0 cm³/mol. The molecule has 2 heterocycles. The van der Waals surface area contributed by atoms with Crippen molar-refractivity contribution in [2.24, 2.45) is 0 Å². The molecule has 2 rings (SSSR count). The lowest BCUT2D eigenvalue weighted by molar-refractivity contribution is 0.765. The van der Waals surface area contributed by atoms with Gasteiger partial charge >= 0.3 is 4.87 Å². The highest BCUT2D eigenvalue weighted by Crippen LogP contribution is 2.11. The lowest BCUT2D eigenvalue weighted by Gasteiger charge is -1.93. The first-order valence-corrected chi connectivity index (χ1v) is 5.17. The molecule has 0 aliphatic rings. The molecule has 0 saturated heterocycles. The average Bonchev–Trinajstić information content (AvgIpc) is 2.64. The lowest BCUT2D eigenvalue weighted by Crippen LogP contribution is -2.12. The first-order valence-electron chi connectivity index (χ1n) is 3.47. The zero-order valence-corrected chi connectivity index (χ0v) is 8.14. The number of nitrogen functional groups attached to an aromatic ring is 1. The van der Waals surface area contributed by atoms with E-state index in [4.69, 9.17) is 5.73 Å². The molecule has 68 valence electrons. The summed E-state index contributed by atoms with van der Waals surface area (Å²) in [5.41, 5.74) is 5.41. The molecule has 2 N–H and O–H groups in total. The van der Waals surface area contributed by atoms with E-state index >= 15 is 0 Å². The number of nitrogens with two attached hydrogens (primary N) is 1. The van der Waals surface area contributed by atoms with Gasteiger partial charge in [-0.1, -0.05) is 22.7 Å². The fourth-order valence-corrected chi connectivity index (χ4v) is 2.08. The Hall–Kier alpha value is -1.21. The number of hydrogen-bond donors (Lipinski definition) is 1. The molecule has 0 aliphatic carbocycles. The van der Waals surface area contributed by atoms with Gasteiger partial charge in [-0.3, -0.25) is 9.36 Å². The second-order valence-electron chi connectivity index (χ2n) is 2.33. The van der Waals surface area contributed by atoms with Gasteiger partial charge in [0.15, 0.2) is 0 Å². The van der Waals surface area contributed by atoms with Crippen LogP contribution in [0.2, 0.25) is 0 Å². The smallest absolute Gasteiger partial charge is 0.307 e. The minimum atomic E-state index is 0.00812. The van der Waals surface area contributed by atoms with Gasteiger partial charge in [0.05, 0.1) is 6.54 Å². The van der Waals surface area contributed by atoms with E-state index in [2.05, 4.69) is 10.2 Å². The largest absolute Gasteiger partial charge is 0.374 e. The molecule has 0 spiro atoms. The maximum Gasteiger partial charge on any atom is 0.307 e. The maximum atomic E-state index is 11.1. The van der Waals surface area contributed by atoms with Crippen molar-refractivity contribution in [1.82, 2.24) is 14.8 Å². The van der Waals surface area contributed by atoms with Crippen molar-refractivity contribution in [2.75, 3.05) is 5.73 Å². The Kier molecular flexibility index (Phi) is 2.11. The van der Waals surface area contributed by atoms with Crippen LogP contribution in [0.5, 0.6) is 0 Å². The van der Waals surface area contributed by atoms with E-state index in [1.54, 1.807) is 16.1 Å². The second kappa shape index (κ2) is 3.27. The number of aromatic nitrogens is 3. The van der Waals surface area contributed by atoms with Crippen LogP contribution in [0.1, 0.15) is 5.01 Å². The molecule has 0 saturated carbocycles. The summed E-state index contributed by atoms with van der Waals surface area (Å²) in [5, 5.41) is 10.4. The standard InChI is InChI=1S/C6H6N4OS2/c7-5-9-8-4(13-5)3-10-1-2-12-6(10)11/h1-2H,3H2,(H2,7,9). The molecule has 2 aromatic rings. The lowest BCUT2D eigenvalue weighted by atomic mass is 10.6. The Bertz CT molecular complexity index is 457. The molecule has 0 aromatic carbocycles. The normalized spacial score (nSPS) is 10.5. The van der Waals surface area contributed by atoms with Crippen LogP contribution in [-0.4, -0.2) is 14.8 Å². The van der Waals surface area contributed by atoms with Crippen molar-refractivity contribution in [3.8, 4) is 0 Å². The highest BCUT2D eigenvalue weighted by Gasteiger charge is 2.03. The van der Waals surface area contributed by atoms with Crippen LogP contribution < -0.4 is 10.6 Å². The van der Waals surface area contributed by atoms with Crippen LogP contribution in [0, 0.1) is 0 Å². The molecular formula is C6H6N4OS2. The molecule has 0 radical (unpaired) electrons. The van der Waals surface area contributed by atoms with Gasteiger partial charge < -0.3 is 5.73 Å². The van der Waals surface area contributed by atoms with Crippen LogP contribution in [0.25, 0.3) is 0 Å². The van der Waals surface area contributed by atoms with Crippen molar-refractivity contribution in [2.45, 2.75) is 6.54 Å². The zero-order chi connectivity index (χ0) is 9.26. The molecule has 5 nitrogen and oxygen atoms in total. The van der Waals surface area contributed by atoms with Crippen LogP contribution in [0.3, 0.4) is 0 Å². The molecule has 0 fully saturated rings. The van der Waals surface area contributed by atoms with E-state index in [0.29, 0.717) is 11.7 Å². The Morgan fingerprint density at radius 3 is 2.92 bits per heavy atom. The number of nitrogens with zero attached hydrogens (tertiary/aromatic N) is 3. The van der Waals surface area contributed by atoms with E-state index in [9.17, 15) is 4.79 Å². The van der Waals surface area contributed by atoms with Gasteiger partial charge in [-0.15, -0.1) is 10.2 Å².